The molecule has 196 valence electrons. The molecule has 0 aromatic heterocycles. The zero-order valence-electron chi connectivity index (χ0n) is 21.2. The van der Waals surface area contributed by atoms with Crippen LogP contribution < -0.4 is 10.6 Å². The predicted octanol–water partition coefficient (Wildman–Crippen LogP) is 5.18. The van der Waals surface area contributed by atoms with E-state index in [1.807, 2.05) is 20.8 Å². The van der Waals surface area contributed by atoms with E-state index in [1.54, 1.807) is 11.8 Å². The molecule has 1 aromatic rings. The minimum absolute atomic E-state index is 0.00348. The van der Waals surface area contributed by atoms with E-state index < -0.39 is 37.0 Å². The zero-order chi connectivity index (χ0) is 26.6. The number of anilines is 1. The summed E-state index contributed by atoms with van der Waals surface area (Å²) in [6.07, 6.45) is -3.93. The molecule has 3 N–H and O–H groups in total. The van der Waals surface area contributed by atoms with Crippen molar-refractivity contribution in [2.45, 2.75) is 67.1 Å². The topological polar surface area (TPSA) is 94.4 Å². The Morgan fingerprint density at radius 2 is 1.80 bits per heavy atom. The van der Waals surface area contributed by atoms with Crippen LogP contribution in [0.1, 0.15) is 60.5 Å². The fourth-order valence-electron chi connectivity index (χ4n) is 4.34. The van der Waals surface area contributed by atoms with Crippen molar-refractivity contribution in [3.63, 3.8) is 0 Å². The van der Waals surface area contributed by atoms with Crippen molar-refractivity contribution in [1.82, 2.24) is 4.90 Å². The van der Waals surface area contributed by atoms with Gasteiger partial charge in [-0.2, -0.15) is 0 Å². The summed E-state index contributed by atoms with van der Waals surface area (Å²) in [5.74, 6) is -0.748. The Bertz CT molecular complexity index is 1070. The minimum atomic E-state index is -4.61. The van der Waals surface area contributed by atoms with Crippen LogP contribution in [0.2, 0.25) is 0 Å². The number of amidine groups is 1. The van der Waals surface area contributed by atoms with Gasteiger partial charge in [0.25, 0.3) is 0 Å². The number of nitrogens with zero attached hydrogens (tertiary/aromatic N) is 2. The van der Waals surface area contributed by atoms with E-state index in [1.165, 1.54) is 6.07 Å². The van der Waals surface area contributed by atoms with E-state index in [2.05, 4.69) is 30.9 Å². The molecule has 0 saturated heterocycles. The molecule has 0 bridgehead atoms. The Morgan fingerprint density at radius 3 is 2.31 bits per heavy atom. The third-order valence-electron chi connectivity index (χ3n) is 6.02. The summed E-state index contributed by atoms with van der Waals surface area (Å²) < 4.78 is 49.7. The molecule has 0 aliphatic carbocycles. The number of amides is 1. The van der Waals surface area contributed by atoms with Crippen molar-refractivity contribution < 1.29 is 32.5 Å². The van der Waals surface area contributed by atoms with E-state index in [-0.39, 0.29) is 40.2 Å². The third-order valence-corrected chi connectivity index (χ3v) is 8.35. The number of benzene rings is 1. The summed E-state index contributed by atoms with van der Waals surface area (Å²) >= 11 is 0. The summed E-state index contributed by atoms with van der Waals surface area (Å²) in [5, 5.41) is 14.0. The van der Waals surface area contributed by atoms with Crippen LogP contribution in [0.15, 0.2) is 34.3 Å². The summed E-state index contributed by atoms with van der Waals surface area (Å²) in [6, 6.07) is 2.25. The summed E-state index contributed by atoms with van der Waals surface area (Å²) in [5.41, 5.74) is -1.46. The van der Waals surface area contributed by atoms with Gasteiger partial charge in [-0.15, -0.1) is 0 Å². The van der Waals surface area contributed by atoms with Gasteiger partial charge in [-0.25, -0.2) is 0 Å². The van der Waals surface area contributed by atoms with Crippen molar-refractivity contribution in [1.29, 1.82) is 0 Å². The molecular weight excluding hydrogens is 482 g/mol. The molecular formula is C24H35F3N3O4P. The van der Waals surface area contributed by atoms with Gasteiger partial charge < -0.3 is 0 Å². The molecule has 0 spiro atoms. The molecule has 2 heterocycles. The first-order chi connectivity index (χ1) is 15.9. The molecule has 2 aliphatic rings. The van der Waals surface area contributed by atoms with Crippen molar-refractivity contribution in [2.75, 3.05) is 18.5 Å². The van der Waals surface area contributed by atoms with Crippen LogP contribution in [0, 0.1) is 10.8 Å². The van der Waals surface area contributed by atoms with E-state index in [0.29, 0.717) is 13.0 Å². The number of carbonyl (C=O) groups is 1. The van der Waals surface area contributed by atoms with Crippen molar-refractivity contribution in [2.24, 2.45) is 15.6 Å². The predicted molar refractivity (Wildman–Crippen MR) is 133 cm³/mol. The van der Waals surface area contributed by atoms with Gasteiger partial charge >= 0.3 is 204 Å². The van der Waals surface area contributed by atoms with E-state index in [4.69, 9.17) is 4.52 Å². The standard InChI is InChI=1S/C24H35F3N3O4P/c1-8-34-35(33)16-13-14(24(25,26)27)9-10-15(16)28-20(29-35)17-18(31)19(23(5,6)7)30(21(17)32)12-11-22(2,3)4/h9-10,13,19,31,33,35H,8,11-12H2,1-7H3,(H,28,29)/t19-/m1/s1. The first-order valence-electron chi connectivity index (χ1n) is 11.6. The number of hydrogen-bond donors (Lipinski definition) is 3. The first-order valence-corrected chi connectivity index (χ1v) is 13.4. The summed E-state index contributed by atoms with van der Waals surface area (Å²) in [7, 11) is -4.29. The number of aliphatic hydroxyl groups is 1. The molecule has 1 atom stereocenters. The molecule has 0 fully saturated rings. The van der Waals surface area contributed by atoms with Crippen molar-refractivity contribution in [3.8, 4) is 0 Å². The van der Waals surface area contributed by atoms with Gasteiger partial charge in [0.1, 0.15) is 0 Å². The van der Waals surface area contributed by atoms with Gasteiger partial charge in [-0.05, 0) is 0 Å². The average Bonchev–Trinajstić information content (AvgIpc) is 2.94. The summed E-state index contributed by atoms with van der Waals surface area (Å²) in [4.78, 5) is 26.5. The number of hydrogen-bond acceptors (Lipinski definition) is 6. The van der Waals surface area contributed by atoms with Gasteiger partial charge in [0.05, 0.1) is 0 Å². The molecule has 1 amide bonds. The van der Waals surface area contributed by atoms with Crippen LogP contribution >= 0.6 is 7.87 Å². The van der Waals surface area contributed by atoms with Gasteiger partial charge in [-0.3, -0.25) is 0 Å². The number of nitrogens with one attached hydrogen (secondary N) is 1. The maximum atomic E-state index is 13.6. The van der Waals surface area contributed by atoms with Gasteiger partial charge in [-0.1, -0.05) is 0 Å². The number of aliphatic hydroxyl groups excluding tert-OH is 1. The van der Waals surface area contributed by atoms with Crippen LogP contribution in [0.3, 0.4) is 0 Å². The second kappa shape index (κ2) is 9.05. The Hall–Kier alpha value is -2.16. The number of halogens is 3. The second-order valence-corrected chi connectivity index (χ2v) is 13.5. The fourth-order valence-corrected chi connectivity index (χ4v) is 6.39. The number of carbonyl (C=O) groups excluding carboxylic acids is 1. The molecule has 35 heavy (non-hydrogen) atoms. The molecule has 11 heteroatoms. The van der Waals surface area contributed by atoms with Crippen molar-refractivity contribution >= 4 is 30.6 Å². The van der Waals surface area contributed by atoms with E-state index in [9.17, 15) is 28.0 Å². The fraction of sp³-hybridized carbons (Fsp3) is 0.583. The van der Waals surface area contributed by atoms with E-state index >= 15 is 0 Å². The van der Waals surface area contributed by atoms with Crippen LogP contribution in [0.5, 0.6) is 0 Å². The Morgan fingerprint density at radius 1 is 1.17 bits per heavy atom. The molecule has 0 radical (unpaired) electrons. The number of fused-ring (bicyclic) bond motifs is 1. The molecule has 3 rings (SSSR count). The summed E-state index contributed by atoms with van der Waals surface area (Å²) in [6.45, 7) is 13.9. The normalized spacial score (nSPS) is 21.6. The van der Waals surface area contributed by atoms with Gasteiger partial charge in [0.15, 0.2) is 0 Å². The number of alkyl halides is 3. The van der Waals surface area contributed by atoms with Crippen LogP contribution in [-0.4, -0.2) is 45.8 Å². The van der Waals surface area contributed by atoms with E-state index in [0.717, 1.165) is 12.1 Å². The molecule has 2 aliphatic heterocycles. The van der Waals surface area contributed by atoms with Gasteiger partial charge in [0, 0.05) is 0 Å². The van der Waals surface area contributed by atoms with Crippen LogP contribution in [0.4, 0.5) is 18.9 Å². The van der Waals surface area contributed by atoms with Gasteiger partial charge in [0.2, 0.25) is 0 Å². The molecule has 0 saturated carbocycles. The Kier molecular flexibility index (Phi) is 7.09. The van der Waals surface area contributed by atoms with Crippen LogP contribution in [-0.2, 0) is 15.5 Å². The molecule has 1 aromatic carbocycles. The van der Waals surface area contributed by atoms with Crippen LogP contribution in [0.25, 0.3) is 0 Å². The molecule has 0 unspecified atom stereocenters. The third kappa shape index (κ3) is 5.49. The average molecular weight is 518 g/mol. The zero-order valence-corrected chi connectivity index (χ0v) is 22.2. The molecule has 7 nitrogen and oxygen atoms in total. The Labute approximate surface area is 204 Å². The second-order valence-electron chi connectivity index (χ2n) is 11.2. The number of rotatable bonds is 5. The SMILES string of the molecule is CCO[PH]1(O)N=C(C2=C(O)[C@H](C(C)(C)C)N(CCC(C)(C)C)C2=O)Nc2ccc(C(F)(F)F)cc21. The monoisotopic (exact) mass is 517 g/mol. The Balaban J connectivity index is 2.11. The maximum absolute atomic E-state index is 13.6. The first kappa shape index (κ1) is 27.4. The van der Waals surface area contributed by atoms with Crippen molar-refractivity contribution in [3.05, 3.63) is 35.1 Å². The quantitative estimate of drug-likeness (QED) is 0.468.